The number of thiocarbonyl (C=S) groups is 1. The second-order valence-electron chi connectivity index (χ2n) is 4.19. The minimum absolute atomic E-state index is 0.580. The highest BCUT2D eigenvalue weighted by Crippen LogP contribution is 2.22. The van der Waals surface area contributed by atoms with E-state index in [2.05, 4.69) is 21.7 Å². The number of H-pyrrole nitrogens is 1. The molecule has 0 amide bonds. The Hall–Kier alpha value is -2.33. The van der Waals surface area contributed by atoms with Gasteiger partial charge in [0.1, 0.15) is 0 Å². The van der Waals surface area contributed by atoms with Crippen LogP contribution in [0.5, 0.6) is 0 Å². The molecule has 0 bridgehead atoms. The second kappa shape index (κ2) is 5.12. The molecule has 3 N–H and O–H groups in total. The normalized spacial score (nSPS) is 10.3. The number of nitrogens with one attached hydrogen (secondary N) is 3. The molecule has 4 heteroatoms. The Labute approximate surface area is 116 Å². The first-order valence-corrected chi connectivity index (χ1v) is 6.43. The lowest BCUT2D eigenvalue weighted by Gasteiger charge is -2.09. The summed E-state index contributed by atoms with van der Waals surface area (Å²) in [6.07, 6.45) is 1.92. The molecule has 1 aromatic heterocycles. The van der Waals surface area contributed by atoms with Gasteiger partial charge in [0.15, 0.2) is 5.11 Å². The molecule has 0 saturated heterocycles. The molecule has 0 unspecified atom stereocenters. The van der Waals surface area contributed by atoms with Crippen LogP contribution in [0, 0.1) is 0 Å². The van der Waals surface area contributed by atoms with E-state index in [0.29, 0.717) is 5.11 Å². The smallest absolute Gasteiger partial charge is 0.175 e. The van der Waals surface area contributed by atoms with Crippen molar-refractivity contribution in [1.29, 1.82) is 0 Å². The summed E-state index contributed by atoms with van der Waals surface area (Å²) in [5.41, 5.74) is 3.04. The number of rotatable bonds is 2. The van der Waals surface area contributed by atoms with Crippen molar-refractivity contribution in [1.82, 2.24) is 4.98 Å². The molecule has 3 nitrogen and oxygen atoms in total. The van der Waals surface area contributed by atoms with Gasteiger partial charge in [-0.3, -0.25) is 0 Å². The third-order valence-corrected chi connectivity index (χ3v) is 3.07. The molecule has 3 aromatic rings. The van der Waals surface area contributed by atoms with E-state index in [-0.39, 0.29) is 0 Å². The van der Waals surface area contributed by atoms with Crippen LogP contribution in [0.25, 0.3) is 10.9 Å². The van der Waals surface area contributed by atoms with E-state index >= 15 is 0 Å². The molecule has 19 heavy (non-hydrogen) atoms. The van der Waals surface area contributed by atoms with Crippen LogP contribution in [0.3, 0.4) is 0 Å². The topological polar surface area (TPSA) is 39.8 Å². The van der Waals surface area contributed by atoms with Gasteiger partial charge in [-0.25, -0.2) is 0 Å². The first-order chi connectivity index (χ1) is 9.33. The Morgan fingerprint density at radius 2 is 1.63 bits per heavy atom. The standard InChI is InChI=1S/C15H13N3S/c19-15(17-11-6-2-1-3-7-11)18-14-10-16-13-9-5-4-8-12(13)14/h1-10,16H,(H2,17,18,19). The van der Waals surface area contributed by atoms with E-state index in [4.69, 9.17) is 12.2 Å². The van der Waals surface area contributed by atoms with Crippen molar-refractivity contribution in [3.05, 3.63) is 60.8 Å². The number of para-hydroxylation sites is 2. The summed E-state index contributed by atoms with van der Waals surface area (Å²) >= 11 is 5.31. The number of fused-ring (bicyclic) bond motifs is 1. The van der Waals surface area contributed by atoms with Gasteiger partial charge < -0.3 is 15.6 Å². The van der Waals surface area contributed by atoms with E-state index in [1.165, 1.54) is 0 Å². The third kappa shape index (κ3) is 2.58. The van der Waals surface area contributed by atoms with Gasteiger partial charge in [-0.1, -0.05) is 36.4 Å². The van der Waals surface area contributed by atoms with Gasteiger partial charge in [0, 0.05) is 22.8 Å². The largest absolute Gasteiger partial charge is 0.359 e. The average molecular weight is 267 g/mol. The maximum Gasteiger partial charge on any atom is 0.175 e. The first-order valence-electron chi connectivity index (χ1n) is 6.02. The highest BCUT2D eigenvalue weighted by molar-refractivity contribution is 7.80. The highest BCUT2D eigenvalue weighted by atomic mass is 32.1. The van der Waals surface area contributed by atoms with Crippen LogP contribution < -0.4 is 10.6 Å². The number of aromatic amines is 1. The van der Waals surface area contributed by atoms with Gasteiger partial charge >= 0.3 is 0 Å². The molecule has 94 valence electrons. The van der Waals surface area contributed by atoms with E-state index < -0.39 is 0 Å². The lowest BCUT2D eigenvalue weighted by molar-refractivity contribution is 1.47. The molecule has 0 aliphatic heterocycles. The summed E-state index contributed by atoms with van der Waals surface area (Å²) in [5, 5.41) is 8.06. The van der Waals surface area contributed by atoms with Crippen LogP contribution in [0.1, 0.15) is 0 Å². The molecule has 0 spiro atoms. The molecule has 0 fully saturated rings. The number of benzene rings is 2. The Morgan fingerprint density at radius 1 is 0.895 bits per heavy atom. The number of aromatic nitrogens is 1. The Kier molecular flexibility index (Phi) is 3.16. The van der Waals surface area contributed by atoms with Crippen molar-refractivity contribution in [3.8, 4) is 0 Å². The highest BCUT2D eigenvalue weighted by Gasteiger charge is 2.04. The predicted octanol–water partition coefficient (Wildman–Crippen LogP) is 3.98. The van der Waals surface area contributed by atoms with E-state index in [0.717, 1.165) is 22.3 Å². The Morgan fingerprint density at radius 3 is 2.47 bits per heavy atom. The maximum atomic E-state index is 5.31. The van der Waals surface area contributed by atoms with Crippen molar-refractivity contribution >= 4 is 39.6 Å². The van der Waals surface area contributed by atoms with Gasteiger partial charge in [0.25, 0.3) is 0 Å². The molecule has 0 aliphatic carbocycles. The molecule has 0 radical (unpaired) electrons. The Balaban J connectivity index is 1.76. The fourth-order valence-corrected chi connectivity index (χ4v) is 2.21. The minimum atomic E-state index is 0.580. The molecule has 3 rings (SSSR count). The lowest BCUT2D eigenvalue weighted by Crippen LogP contribution is -2.18. The zero-order valence-electron chi connectivity index (χ0n) is 10.2. The summed E-state index contributed by atoms with van der Waals surface area (Å²) < 4.78 is 0. The summed E-state index contributed by atoms with van der Waals surface area (Å²) in [7, 11) is 0. The van der Waals surface area contributed by atoms with Crippen LogP contribution in [-0.2, 0) is 0 Å². The zero-order chi connectivity index (χ0) is 13.1. The quantitative estimate of drug-likeness (QED) is 0.615. The monoisotopic (exact) mass is 267 g/mol. The Bertz CT molecular complexity index is 703. The molecule has 1 heterocycles. The molecule has 0 aliphatic rings. The number of anilines is 2. The fourth-order valence-electron chi connectivity index (χ4n) is 1.98. The predicted molar refractivity (Wildman–Crippen MR) is 84.6 cm³/mol. The summed E-state index contributed by atoms with van der Waals surface area (Å²) in [5.74, 6) is 0. The SMILES string of the molecule is S=C(Nc1ccccc1)Nc1c[nH]c2ccccc12. The minimum Gasteiger partial charge on any atom is -0.359 e. The van der Waals surface area contributed by atoms with Gasteiger partial charge in [-0.2, -0.15) is 0 Å². The summed E-state index contributed by atoms with van der Waals surface area (Å²) in [4.78, 5) is 3.21. The summed E-state index contributed by atoms with van der Waals surface area (Å²) in [6, 6.07) is 18.0. The van der Waals surface area contributed by atoms with Crippen LogP contribution in [0.15, 0.2) is 60.8 Å². The third-order valence-electron chi connectivity index (χ3n) is 2.87. The van der Waals surface area contributed by atoms with Gasteiger partial charge in [0.2, 0.25) is 0 Å². The van der Waals surface area contributed by atoms with Crippen molar-refractivity contribution in [2.24, 2.45) is 0 Å². The van der Waals surface area contributed by atoms with Crippen molar-refractivity contribution in [2.75, 3.05) is 10.6 Å². The maximum absolute atomic E-state index is 5.31. The van der Waals surface area contributed by atoms with Gasteiger partial charge in [-0.15, -0.1) is 0 Å². The molecule has 2 aromatic carbocycles. The molecular formula is C15H13N3S. The van der Waals surface area contributed by atoms with Crippen LogP contribution in [0.2, 0.25) is 0 Å². The van der Waals surface area contributed by atoms with Crippen LogP contribution in [-0.4, -0.2) is 10.1 Å². The first kappa shape index (κ1) is 11.7. The van der Waals surface area contributed by atoms with Crippen LogP contribution >= 0.6 is 12.2 Å². The van der Waals surface area contributed by atoms with Gasteiger partial charge in [-0.05, 0) is 30.4 Å². The number of hydrogen-bond donors (Lipinski definition) is 3. The van der Waals surface area contributed by atoms with E-state index in [9.17, 15) is 0 Å². The van der Waals surface area contributed by atoms with E-state index in [1.807, 2.05) is 54.7 Å². The zero-order valence-corrected chi connectivity index (χ0v) is 11.0. The van der Waals surface area contributed by atoms with E-state index in [1.54, 1.807) is 0 Å². The second-order valence-corrected chi connectivity index (χ2v) is 4.60. The fraction of sp³-hybridized carbons (Fsp3) is 0. The van der Waals surface area contributed by atoms with Crippen molar-refractivity contribution < 1.29 is 0 Å². The summed E-state index contributed by atoms with van der Waals surface area (Å²) in [6.45, 7) is 0. The van der Waals surface area contributed by atoms with Crippen molar-refractivity contribution in [2.45, 2.75) is 0 Å². The number of hydrogen-bond acceptors (Lipinski definition) is 1. The van der Waals surface area contributed by atoms with Crippen molar-refractivity contribution in [3.63, 3.8) is 0 Å². The molecular weight excluding hydrogens is 254 g/mol. The lowest BCUT2D eigenvalue weighted by atomic mass is 10.2. The molecule has 0 atom stereocenters. The average Bonchev–Trinajstić information content (AvgIpc) is 2.83. The van der Waals surface area contributed by atoms with Gasteiger partial charge in [0.05, 0.1) is 5.69 Å². The van der Waals surface area contributed by atoms with Crippen LogP contribution in [0.4, 0.5) is 11.4 Å². The molecule has 0 saturated carbocycles.